The van der Waals surface area contributed by atoms with Crippen molar-refractivity contribution in [1.82, 2.24) is 5.32 Å². The fourth-order valence-electron chi connectivity index (χ4n) is 1.53. The summed E-state index contributed by atoms with van der Waals surface area (Å²) >= 11 is 0. The molecular formula is C13H21NO3. The quantitative estimate of drug-likeness (QED) is 0.859. The van der Waals surface area contributed by atoms with Crippen LogP contribution in [0.4, 0.5) is 0 Å². The molecule has 0 aromatic carbocycles. The molecule has 1 N–H and O–H groups in total. The first-order chi connectivity index (χ1) is 7.92. The average molecular weight is 239 g/mol. The zero-order valence-corrected chi connectivity index (χ0v) is 10.9. The van der Waals surface area contributed by atoms with Crippen LogP contribution in [0.3, 0.4) is 0 Å². The Balaban J connectivity index is 2.41. The Kier molecular flexibility index (Phi) is 4.75. The number of carbonyl (C=O) groups excluding carboxylic acids is 1. The normalized spacial score (nSPS) is 13.4. The van der Waals surface area contributed by atoms with Gasteiger partial charge in [-0.05, 0) is 17.5 Å². The van der Waals surface area contributed by atoms with Crippen LogP contribution in [0.15, 0.2) is 22.8 Å². The minimum Gasteiger partial charge on any atom is -0.467 e. The molecule has 4 nitrogen and oxygen atoms in total. The summed E-state index contributed by atoms with van der Waals surface area (Å²) in [6.45, 7) is 6.53. The summed E-state index contributed by atoms with van der Waals surface area (Å²) in [5.74, 6) is 0.759. The van der Waals surface area contributed by atoms with Crippen LogP contribution in [0.1, 0.15) is 39.1 Å². The second-order valence-electron chi connectivity index (χ2n) is 5.28. The predicted molar refractivity (Wildman–Crippen MR) is 65.5 cm³/mol. The molecule has 0 radical (unpaired) electrons. The lowest BCUT2D eigenvalue weighted by Gasteiger charge is -2.19. The molecule has 4 heteroatoms. The van der Waals surface area contributed by atoms with E-state index in [2.05, 4.69) is 5.32 Å². The van der Waals surface area contributed by atoms with Gasteiger partial charge in [-0.1, -0.05) is 20.8 Å². The lowest BCUT2D eigenvalue weighted by atomic mass is 9.92. The fraction of sp³-hybridized carbons (Fsp3) is 0.615. The molecule has 1 amide bonds. The van der Waals surface area contributed by atoms with Gasteiger partial charge in [0, 0.05) is 13.5 Å². The topological polar surface area (TPSA) is 51.5 Å². The van der Waals surface area contributed by atoms with Crippen LogP contribution in [-0.4, -0.2) is 19.6 Å². The van der Waals surface area contributed by atoms with Gasteiger partial charge in [0.05, 0.1) is 12.8 Å². The molecule has 0 saturated carbocycles. The van der Waals surface area contributed by atoms with Gasteiger partial charge in [0.25, 0.3) is 0 Å². The summed E-state index contributed by atoms with van der Waals surface area (Å²) in [7, 11) is 1.60. The zero-order valence-electron chi connectivity index (χ0n) is 10.9. The van der Waals surface area contributed by atoms with E-state index in [0.717, 1.165) is 5.76 Å². The molecule has 0 aliphatic rings. The lowest BCUT2D eigenvalue weighted by Crippen LogP contribution is -2.31. The number of nitrogens with one attached hydrogen (secondary N) is 1. The van der Waals surface area contributed by atoms with Gasteiger partial charge in [0.1, 0.15) is 11.9 Å². The molecule has 1 aromatic rings. The molecule has 1 aromatic heterocycles. The van der Waals surface area contributed by atoms with Gasteiger partial charge in [-0.3, -0.25) is 4.79 Å². The van der Waals surface area contributed by atoms with Gasteiger partial charge < -0.3 is 14.5 Å². The van der Waals surface area contributed by atoms with Gasteiger partial charge in [0.15, 0.2) is 0 Å². The Morgan fingerprint density at radius 1 is 1.53 bits per heavy atom. The molecule has 1 rings (SSSR count). The Bertz CT molecular complexity index is 338. The van der Waals surface area contributed by atoms with E-state index in [1.165, 1.54) is 0 Å². The number of furan rings is 1. The van der Waals surface area contributed by atoms with E-state index in [4.69, 9.17) is 9.15 Å². The van der Waals surface area contributed by atoms with Crippen molar-refractivity contribution in [1.29, 1.82) is 0 Å². The summed E-state index contributed by atoms with van der Waals surface area (Å²) in [6.07, 6.45) is 1.87. The Morgan fingerprint density at radius 2 is 2.24 bits per heavy atom. The van der Waals surface area contributed by atoms with E-state index in [0.29, 0.717) is 13.0 Å². The van der Waals surface area contributed by atoms with Crippen molar-refractivity contribution in [3.05, 3.63) is 24.2 Å². The summed E-state index contributed by atoms with van der Waals surface area (Å²) in [6, 6.07) is 3.64. The van der Waals surface area contributed by atoms with Crippen LogP contribution >= 0.6 is 0 Å². The van der Waals surface area contributed by atoms with E-state index in [9.17, 15) is 4.79 Å². The van der Waals surface area contributed by atoms with Gasteiger partial charge >= 0.3 is 0 Å². The molecule has 17 heavy (non-hydrogen) atoms. The summed E-state index contributed by atoms with van der Waals surface area (Å²) < 4.78 is 10.5. The fourth-order valence-corrected chi connectivity index (χ4v) is 1.53. The van der Waals surface area contributed by atoms with E-state index >= 15 is 0 Å². The number of amides is 1. The highest BCUT2D eigenvalue weighted by Crippen LogP contribution is 2.19. The number of rotatable bonds is 5. The predicted octanol–water partition coefficient (Wildman–Crippen LogP) is 2.52. The zero-order chi connectivity index (χ0) is 12.9. The first-order valence-corrected chi connectivity index (χ1v) is 5.75. The van der Waals surface area contributed by atoms with Gasteiger partial charge in [-0.2, -0.15) is 0 Å². The minimum absolute atomic E-state index is 0.00265. The van der Waals surface area contributed by atoms with Crippen LogP contribution in [0.25, 0.3) is 0 Å². The summed E-state index contributed by atoms with van der Waals surface area (Å²) in [5, 5.41) is 2.85. The second-order valence-corrected chi connectivity index (χ2v) is 5.28. The van der Waals surface area contributed by atoms with Gasteiger partial charge in [0.2, 0.25) is 5.91 Å². The number of methoxy groups -OCH3 is 1. The van der Waals surface area contributed by atoms with Crippen molar-refractivity contribution < 1.29 is 13.9 Å². The molecule has 0 fully saturated rings. The molecule has 0 spiro atoms. The van der Waals surface area contributed by atoms with Crippen LogP contribution in [-0.2, 0) is 9.53 Å². The standard InChI is InChI=1S/C13H21NO3/c1-13(2,3)8-12(15)14-9-11(16-4)10-6-5-7-17-10/h5-7,11H,8-9H2,1-4H3,(H,14,15). The summed E-state index contributed by atoms with van der Waals surface area (Å²) in [5.41, 5.74) is -0.00265. The van der Waals surface area contributed by atoms with E-state index in [-0.39, 0.29) is 17.4 Å². The van der Waals surface area contributed by atoms with Crippen molar-refractivity contribution >= 4 is 5.91 Å². The molecule has 0 saturated heterocycles. The highest BCUT2D eigenvalue weighted by Gasteiger charge is 2.18. The average Bonchev–Trinajstić information content (AvgIpc) is 2.69. The number of ether oxygens (including phenoxy) is 1. The van der Waals surface area contributed by atoms with Gasteiger partial charge in [-0.25, -0.2) is 0 Å². The Hall–Kier alpha value is -1.29. The molecule has 1 atom stereocenters. The van der Waals surface area contributed by atoms with Crippen molar-refractivity contribution in [3.8, 4) is 0 Å². The highest BCUT2D eigenvalue weighted by molar-refractivity contribution is 5.76. The first-order valence-electron chi connectivity index (χ1n) is 5.75. The SMILES string of the molecule is COC(CNC(=O)CC(C)(C)C)c1ccco1. The highest BCUT2D eigenvalue weighted by atomic mass is 16.5. The van der Waals surface area contributed by atoms with Crippen LogP contribution in [0, 0.1) is 5.41 Å². The van der Waals surface area contributed by atoms with Crippen molar-refractivity contribution in [2.75, 3.05) is 13.7 Å². The largest absolute Gasteiger partial charge is 0.467 e. The Labute approximate surface area is 102 Å². The smallest absolute Gasteiger partial charge is 0.220 e. The maximum Gasteiger partial charge on any atom is 0.220 e. The maximum atomic E-state index is 11.7. The van der Waals surface area contributed by atoms with E-state index in [1.54, 1.807) is 19.4 Å². The monoisotopic (exact) mass is 239 g/mol. The molecule has 96 valence electrons. The molecule has 0 aliphatic heterocycles. The number of hydrogen-bond donors (Lipinski definition) is 1. The van der Waals surface area contributed by atoms with Crippen molar-refractivity contribution in [3.63, 3.8) is 0 Å². The lowest BCUT2D eigenvalue weighted by molar-refractivity contribution is -0.123. The third-order valence-corrected chi connectivity index (χ3v) is 2.32. The molecule has 1 unspecified atom stereocenters. The third kappa shape index (κ3) is 5.04. The Morgan fingerprint density at radius 3 is 2.71 bits per heavy atom. The molecule has 0 aliphatic carbocycles. The van der Waals surface area contributed by atoms with Gasteiger partial charge in [-0.15, -0.1) is 0 Å². The molecular weight excluding hydrogens is 218 g/mol. The maximum absolute atomic E-state index is 11.7. The van der Waals surface area contributed by atoms with Crippen LogP contribution in [0.5, 0.6) is 0 Å². The van der Waals surface area contributed by atoms with Crippen molar-refractivity contribution in [2.45, 2.75) is 33.3 Å². The number of carbonyl (C=O) groups is 1. The number of hydrogen-bond acceptors (Lipinski definition) is 3. The van der Waals surface area contributed by atoms with E-state index < -0.39 is 0 Å². The minimum atomic E-state index is -0.228. The second kappa shape index (κ2) is 5.87. The van der Waals surface area contributed by atoms with Crippen LogP contribution in [0.2, 0.25) is 0 Å². The third-order valence-electron chi connectivity index (χ3n) is 2.32. The van der Waals surface area contributed by atoms with Crippen LogP contribution < -0.4 is 5.32 Å². The summed E-state index contributed by atoms with van der Waals surface area (Å²) in [4.78, 5) is 11.7. The molecule has 0 bridgehead atoms. The van der Waals surface area contributed by atoms with Crippen molar-refractivity contribution in [2.24, 2.45) is 5.41 Å². The molecule has 1 heterocycles. The van der Waals surface area contributed by atoms with E-state index in [1.807, 2.05) is 26.8 Å². The first kappa shape index (κ1) is 13.8.